The molecule has 1 aliphatic heterocycles. The first-order valence-electron chi connectivity index (χ1n) is 7.14. The molecular formula is C17H22O4. The van der Waals surface area contributed by atoms with E-state index in [-0.39, 0.29) is 6.61 Å². The van der Waals surface area contributed by atoms with Crippen LogP contribution < -0.4 is 9.47 Å². The lowest BCUT2D eigenvalue weighted by atomic mass is 10.0. The highest BCUT2D eigenvalue weighted by Gasteiger charge is 2.21. The van der Waals surface area contributed by atoms with Gasteiger partial charge >= 0.3 is 0 Å². The Hall–Kier alpha value is -1.78. The van der Waals surface area contributed by atoms with Crippen LogP contribution in [0, 0.1) is 0 Å². The first kappa shape index (κ1) is 15.6. The number of rotatable bonds is 9. The average Bonchev–Trinajstić information content (AvgIpc) is 2.97. The Labute approximate surface area is 125 Å². The molecule has 2 rings (SSSR count). The largest absolute Gasteiger partial charge is 0.493 e. The van der Waals surface area contributed by atoms with Gasteiger partial charge in [-0.15, -0.1) is 13.2 Å². The maximum atomic E-state index is 9.43. The summed E-state index contributed by atoms with van der Waals surface area (Å²) in [5.74, 6) is 1.68. The van der Waals surface area contributed by atoms with Crippen LogP contribution in [0.1, 0.15) is 11.1 Å². The molecule has 4 nitrogen and oxygen atoms in total. The van der Waals surface area contributed by atoms with Crippen molar-refractivity contribution in [3.63, 3.8) is 0 Å². The Bertz CT molecular complexity index is 496. The normalized spacial score (nSPS) is 14.1. The van der Waals surface area contributed by atoms with E-state index in [0.717, 1.165) is 23.5 Å². The molecule has 0 saturated heterocycles. The summed E-state index contributed by atoms with van der Waals surface area (Å²) in [6.07, 6.45) is 4.72. The quantitative estimate of drug-likeness (QED) is 0.560. The molecule has 114 valence electrons. The summed E-state index contributed by atoms with van der Waals surface area (Å²) in [4.78, 5) is 0. The second-order valence-electron chi connectivity index (χ2n) is 4.86. The molecule has 0 aliphatic carbocycles. The van der Waals surface area contributed by atoms with Gasteiger partial charge < -0.3 is 19.3 Å². The highest BCUT2D eigenvalue weighted by Crippen LogP contribution is 2.35. The summed E-state index contributed by atoms with van der Waals surface area (Å²) in [7, 11) is 0. The van der Waals surface area contributed by atoms with E-state index in [1.54, 1.807) is 6.08 Å². The highest BCUT2D eigenvalue weighted by molar-refractivity contribution is 5.51. The topological polar surface area (TPSA) is 47.9 Å². The second-order valence-corrected chi connectivity index (χ2v) is 4.86. The van der Waals surface area contributed by atoms with Gasteiger partial charge in [0.05, 0.1) is 26.4 Å². The number of allylic oxidation sites excluding steroid dienone is 1. The van der Waals surface area contributed by atoms with Gasteiger partial charge in [0.1, 0.15) is 17.6 Å². The number of fused-ring (bicyclic) bond motifs is 1. The monoisotopic (exact) mass is 290 g/mol. The van der Waals surface area contributed by atoms with Gasteiger partial charge in [-0.05, 0) is 18.6 Å². The summed E-state index contributed by atoms with van der Waals surface area (Å²) in [5.41, 5.74) is 2.26. The van der Waals surface area contributed by atoms with Crippen molar-refractivity contribution in [1.29, 1.82) is 0 Å². The van der Waals surface area contributed by atoms with Crippen LogP contribution >= 0.6 is 0 Å². The molecule has 1 N–H and O–H groups in total. The van der Waals surface area contributed by atoms with Crippen LogP contribution in [0.25, 0.3) is 0 Å². The summed E-state index contributed by atoms with van der Waals surface area (Å²) < 4.78 is 16.8. The Morgan fingerprint density at radius 3 is 2.90 bits per heavy atom. The third kappa shape index (κ3) is 3.86. The molecule has 1 aromatic rings. The molecule has 1 heterocycles. The van der Waals surface area contributed by atoms with Crippen molar-refractivity contribution in [1.82, 2.24) is 0 Å². The maximum Gasteiger partial charge on any atom is 0.145 e. The van der Waals surface area contributed by atoms with Crippen molar-refractivity contribution in [3.8, 4) is 11.5 Å². The van der Waals surface area contributed by atoms with Crippen molar-refractivity contribution in [2.75, 3.05) is 26.4 Å². The molecule has 0 spiro atoms. The summed E-state index contributed by atoms with van der Waals surface area (Å²) >= 11 is 0. The smallest absolute Gasteiger partial charge is 0.145 e. The number of aliphatic hydroxyl groups excluding tert-OH is 1. The van der Waals surface area contributed by atoms with Gasteiger partial charge in [0.25, 0.3) is 0 Å². The molecule has 0 fully saturated rings. The van der Waals surface area contributed by atoms with E-state index in [1.165, 1.54) is 5.56 Å². The SMILES string of the molecule is C=CCOCC(CO)Oc1ccc2c(c1CC=C)CCO2. The van der Waals surface area contributed by atoms with E-state index in [0.29, 0.717) is 26.2 Å². The third-order valence-electron chi connectivity index (χ3n) is 3.34. The number of hydrogen-bond acceptors (Lipinski definition) is 4. The first-order valence-corrected chi connectivity index (χ1v) is 7.14. The molecule has 1 atom stereocenters. The van der Waals surface area contributed by atoms with Crippen LogP contribution in [-0.4, -0.2) is 37.6 Å². The van der Waals surface area contributed by atoms with E-state index in [4.69, 9.17) is 14.2 Å². The summed E-state index contributed by atoms with van der Waals surface area (Å²) in [6.45, 7) is 8.76. The van der Waals surface area contributed by atoms with Crippen molar-refractivity contribution >= 4 is 0 Å². The predicted octanol–water partition coefficient (Wildman–Crippen LogP) is 2.29. The molecule has 1 unspecified atom stereocenters. The zero-order valence-corrected chi connectivity index (χ0v) is 12.2. The number of benzene rings is 1. The zero-order valence-electron chi connectivity index (χ0n) is 12.2. The lowest BCUT2D eigenvalue weighted by Gasteiger charge is -2.20. The molecule has 0 radical (unpaired) electrons. The minimum atomic E-state index is -0.395. The fraction of sp³-hybridized carbons (Fsp3) is 0.412. The van der Waals surface area contributed by atoms with Gasteiger partial charge in [-0.3, -0.25) is 0 Å². The van der Waals surface area contributed by atoms with Crippen molar-refractivity contribution in [2.45, 2.75) is 18.9 Å². The molecule has 0 aromatic heterocycles. The number of aliphatic hydroxyl groups is 1. The van der Waals surface area contributed by atoms with Gasteiger partial charge in [0.2, 0.25) is 0 Å². The standard InChI is InChI=1S/C17H22O4/c1-3-5-14-15-8-10-20-16(15)6-7-17(14)21-13(11-18)12-19-9-4-2/h3-4,6-7,13,18H,1-2,5,8-12H2. The minimum Gasteiger partial charge on any atom is -0.493 e. The van der Waals surface area contributed by atoms with Gasteiger partial charge in [-0.2, -0.15) is 0 Å². The highest BCUT2D eigenvalue weighted by atomic mass is 16.5. The Balaban J connectivity index is 2.14. The Kier molecular flexibility index (Phi) is 5.84. The molecule has 0 amide bonds. The summed E-state index contributed by atoms with van der Waals surface area (Å²) in [6, 6.07) is 3.81. The minimum absolute atomic E-state index is 0.0990. The van der Waals surface area contributed by atoms with E-state index in [1.807, 2.05) is 18.2 Å². The molecular weight excluding hydrogens is 268 g/mol. The molecule has 0 saturated carbocycles. The summed E-state index contributed by atoms with van der Waals surface area (Å²) in [5, 5.41) is 9.43. The Morgan fingerprint density at radius 2 is 2.19 bits per heavy atom. The van der Waals surface area contributed by atoms with Crippen LogP contribution in [0.3, 0.4) is 0 Å². The van der Waals surface area contributed by atoms with E-state index in [9.17, 15) is 5.11 Å². The fourth-order valence-corrected chi connectivity index (χ4v) is 2.39. The fourth-order valence-electron chi connectivity index (χ4n) is 2.39. The van der Waals surface area contributed by atoms with E-state index >= 15 is 0 Å². The van der Waals surface area contributed by atoms with Crippen molar-refractivity contribution in [3.05, 3.63) is 48.6 Å². The number of hydrogen-bond donors (Lipinski definition) is 1. The van der Waals surface area contributed by atoms with E-state index in [2.05, 4.69) is 13.2 Å². The maximum absolute atomic E-state index is 9.43. The van der Waals surface area contributed by atoms with E-state index < -0.39 is 6.10 Å². The van der Waals surface area contributed by atoms with Crippen LogP contribution in [-0.2, 0) is 17.6 Å². The van der Waals surface area contributed by atoms with Gasteiger partial charge in [0.15, 0.2) is 0 Å². The van der Waals surface area contributed by atoms with Crippen LogP contribution in [0.2, 0.25) is 0 Å². The average molecular weight is 290 g/mol. The van der Waals surface area contributed by atoms with Crippen LogP contribution in [0.4, 0.5) is 0 Å². The number of ether oxygens (including phenoxy) is 3. The second kappa shape index (κ2) is 7.86. The van der Waals surface area contributed by atoms with Crippen LogP contribution in [0.5, 0.6) is 11.5 Å². The van der Waals surface area contributed by atoms with Crippen LogP contribution in [0.15, 0.2) is 37.4 Å². The van der Waals surface area contributed by atoms with Gasteiger partial charge in [0, 0.05) is 17.5 Å². The molecule has 1 aromatic carbocycles. The van der Waals surface area contributed by atoms with Crippen molar-refractivity contribution in [2.24, 2.45) is 0 Å². The molecule has 21 heavy (non-hydrogen) atoms. The first-order chi connectivity index (χ1) is 10.3. The van der Waals surface area contributed by atoms with Gasteiger partial charge in [-0.25, -0.2) is 0 Å². The van der Waals surface area contributed by atoms with Crippen molar-refractivity contribution < 1.29 is 19.3 Å². The lowest BCUT2D eigenvalue weighted by molar-refractivity contribution is 0.0293. The zero-order chi connectivity index (χ0) is 15.1. The molecule has 0 bridgehead atoms. The third-order valence-corrected chi connectivity index (χ3v) is 3.34. The van der Waals surface area contributed by atoms with Gasteiger partial charge in [-0.1, -0.05) is 12.2 Å². The molecule has 4 heteroatoms. The lowest BCUT2D eigenvalue weighted by Crippen LogP contribution is -2.27. The molecule has 1 aliphatic rings. The Morgan fingerprint density at radius 1 is 1.33 bits per heavy atom. The predicted molar refractivity (Wildman–Crippen MR) is 82.1 cm³/mol.